The first kappa shape index (κ1) is 19.1. The van der Waals surface area contributed by atoms with Crippen LogP contribution in [-0.4, -0.2) is 29.7 Å². The molecule has 1 atom stereocenters. The van der Waals surface area contributed by atoms with Gasteiger partial charge in [-0.1, -0.05) is 56.3 Å². The van der Waals surface area contributed by atoms with Crippen LogP contribution in [-0.2, 0) is 22.1 Å². The van der Waals surface area contributed by atoms with Crippen LogP contribution in [0.15, 0.2) is 47.6 Å². The highest BCUT2D eigenvalue weighted by atomic mass is 32.2. The Morgan fingerprint density at radius 1 is 1.14 bits per heavy atom. The highest BCUT2D eigenvalue weighted by molar-refractivity contribution is 7.90. The molecule has 2 heterocycles. The predicted octanol–water partition coefficient (Wildman–Crippen LogP) is 3.49. The minimum atomic E-state index is -3.61. The second kappa shape index (κ2) is 7.64. The average Bonchev–Trinajstić information content (AvgIpc) is 3.30. The molecule has 4 rings (SSSR count). The van der Waals surface area contributed by atoms with Crippen molar-refractivity contribution in [2.45, 2.75) is 50.2 Å². The number of nitrogens with zero attached hydrogens (tertiary/aromatic N) is 3. The third-order valence-electron chi connectivity index (χ3n) is 5.11. The van der Waals surface area contributed by atoms with Gasteiger partial charge in [-0.3, -0.25) is 0 Å². The van der Waals surface area contributed by atoms with E-state index >= 15 is 0 Å². The molecule has 28 heavy (non-hydrogen) atoms. The lowest BCUT2D eigenvalue weighted by molar-refractivity contribution is 0.447. The quantitative estimate of drug-likeness (QED) is 0.688. The van der Waals surface area contributed by atoms with Gasteiger partial charge >= 0.3 is 0 Å². The molecule has 0 spiro atoms. The van der Waals surface area contributed by atoms with Crippen LogP contribution in [0.25, 0.3) is 10.8 Å². The van der Waals surface area contributed by atoms with E-state index in [1.165, 1.54) is 0 Å². The summed E-state index contributed by atoms with van der Waals surface area (Å²) in [6.07, 6.45) is 2.03. The normalized spacial score (nSPS) is 17.6. The molecule has 2 aromatic carbocycles. The smallest absolute Gasteiger partial charge is 0.250 e. The van der Waals surface area contributed by atoms with Gasteiger partial charge in [0.15, 0.2) is 5.82 Å². The van der Waals surface area contributed by atoms with E-state index in [0.29, 0.717) is 12.5 Å². The summed E-state index contributed by atoms with van der Waals surface area (Å²) in [5.74, 6) is 0.959. The van der Waals surface area contributed by atoms with Crippen LogP contribution in [0.5, 0.6) is 0 Å². The van der Waals surface area contributed by atoms with Crippen LogP contribution in [0, 0.1) is 5.92 Å². The maximum Gasteiger partial charge on any atom is 0.250 e. The highest BCUT2D eigenvalue weighted by Crippen LogP contribution is 2.26. The molecule has 1 N–H and O–H groups in total. The number of sulfone groups is 1. The maximum atomic E-state index is 13.2. The van der Waals surface area contributed by atoms with Crippen molar-refractivity contribution >= 4 is 20.6 Å². The first-order valence-corrected chi connectivity index (χ1v) is 11.5. The van der Waals surface area contributed by atoms with E-state index in [-0.39, 0.29) is 17.0 Å². The molecular weight excluding hydrogens is 372 g/mol. The number of benzene rings is 2. The minimum absolute atomic E-state index is 0.0772. The van der Waals surface area contributed by atoms with Crippen LogP contribution in [0.3, 0.4) is 0 Å². The van der Waals surface area contributed by atoms with Gasteiger partial charge in [-0.15, -0.1) is 10.2 Å². The van der Waals surface area contributed by atoms with Gasteiger partial charge in [0, 0.05) is 6.54 Å². The average molecular weight is 399 g/mol. The fourth-order valence-corrected chi connectivity index (χ4v) is 5.26. The van der Waals surface area contributed by atoms with E-state index in [0.717, 1.165) is 41.5 Å². The standard InChI is InChI=1S/C21H26N4O2S/c1-15(2)13-25-20(19-8-5-11-22-19)23-24-21(25)28(26,27)14-16-9-10-17-6-3-4-7-18(17)12-16/h3-4,6-7,9-10,12,15,19,22H,5,8,11,13-14H2,1-2H3. The summed E-state index contributed by atoms with van der Waals surface area (Å²) in [4.78, 5) is 0. The van der Waals surface area contributed by atoms with Crippen molar-refractivity contribution in [3.05, 3.63) is 53.9 Å². The maximum absolute atomic E-state index is 13.2. The summed E-state index contributed by atoms with van der Waals surface area (Å²) in [6, 6.07) is 13.8. The van der Waals surface area contributed by atoms with E-state index in [1.807, 2.05) is 47.0 Å². The third-order valence-corrected chi connectivity index (χ3v) is 6.69. The molecule has 0 radical (unpaired) electrons. The molecule has 6 nitrogen and oxygen atoms in total. The number of hydrogen-bond donors (Lipinski definition) is 1. The lowest BCUT2D eigenvalue weighted by atomic mass is 10.1. The lowest BCUT2D eigenvalue weighted by Crippen LogP contribution is -2.22. The molecule has 1 aromatic heterocycles. The molecule has 148 valence electrons. The molecule has 0 aliphatic carbocycles. The number of rotatable bonds is 6. The second-order valence-electron chi connectivity index (χ2n) is 7.93. The summed E-state index contributed by atoms with van der Waals surface area (Å²) in [6.45, 7) is 5.67. The van der Waals surface area contributed by atoms with Crippen molar-refractivity contribution in [3.8, 4) is 0 Å². The molecule has 1 unspecified atom stereocenters. The number of aromatic nitrogens is 3. The first-order valence-electron chi connectivity index (χ1n) is 9.81. The second-order valence-corrected chi connectivity index (χ2v) is 9.82. The van der Waals surface area contributed by atoms with Gasteiger partial charge in [-0.2, -0.15) is 0 Å². The topological polar surface area (TPSA) is 76.9 Å². The van der Waals surface area contributed by atoms with Crippen LogP contribution >= 0.6 is 0 Å². The monoisotopic (exact) mass is 398 g/mol. The summed E-state index contributed by atoms with van der Waals surface area (Å²) >= 11 is 0. The van der Waals surface area contributed by atoms with Crippen LogP contribution in [0.4, 0.5) is 0 Å². The Morgan fingerprint density at radius 2 is 1.93 bits per heavy atom. The van der Waals surface area contributed by atoms with Crippen molar-refractivity contribution in [1.29, 1.82) is 0 Å². The molecule has 0 saturated carbocycles. The van der Waals surface area contributed by atoms with Crippen molar-refractivity contribution in [1.82, 2.24) is 20.1 Å². The Labute approximate surface area is 165 Å². The van der Waals surface area contributed by atoms with Gasteiger partial charge < -0.3 is 9.88 Å². The fraction of sp³-hybridized carbons (Fsp3) is 0.429. The van der Waals surface area contributed by atoms with Crippen molar-refractivity contribution in [2.24, 2.45) is 5.92 Å². The van der Waals surface area contributed by atoms with Gasteiger partial charge in [-0.05, 0) is 41.6 Å². The minimum Gasteiger partial charge on any atom is -0.307 e. The van der Waals surface area contributed by atoms with E-state index < -0.39 is 9.84 Å². The molecule has 0 amide bonds. The number of hydrogen-bond acceptors (Lipinski definition) is 5. The van der Waals surface area contributed by atoms with Gasteiger partial charge in [0.2, 0.25) is 15.0 Å². The molecule has 1 saturated heterocycles. The van der Waals surface area contributed by atoms with Crippen molar-refractivity contribution < 1.29 is 8.42 Å². The van der Waals surface area contributed by atoms with Crippen LogP contribution < -0.4 is 5.32 Å². The van der Waals surface area contributed by atoms with Crippen molar-refractivity contribution in [2.75, 3.05) is 6.54 Å². The molecule has 7 heteroatoms. The first-order chi connectivity index (χ1) is 13.4. The molecule has 0 bridgehead atoms. The van der Waals surface area contributed by atoms with Gasteiger partial charge in [0.25, 0.3) is 0 Å². The van der Waals surface area contributed by atoms with Crippen LogP contribution in [0.1, 0.15) is 44.1 Å². The zero-order valence-electron chi connectivity index (χ0n) is 16.3. The molecule has 1 aliphatic heterocycles. The van der Waals surface area contributed by atoms with Gasteiger partial charge in [-0.25, -0.2) is 8.42 Å². The predicted molar refractivity (Wildman–Crippen MR) is 110 cm³/mol. The Bertz CT molecular complexity index is 1080. The Hall–Kier alpha value is -2.25. The van der Waals surface area contributed by atoms with E-state index in [4.69, 9.17) is 0 Å². The Morgan fingerprint density at radius 3 is 2.64 bits per heavy atom. The number of nitrogens with one attached hydrogen (secondary N) is 1. The lowest BCUT2D eigenvalue weighted by Gasteiger charge is -2.16. The number of fused-ring (bicyclic) bond motifs is 1. The van der Waals surface area contributed by atoms with E-state index in [2.05, 4.69) is 29.4 Å². The zero-order valence-corrected chi connectivity index (χ0v) is 17.1. The van der Waals surface area contributed by atoms with E-state index in [9.17, 15) is 8.42 Å². The van der Waals surface area contributed by atoms with Gasteiger partial charge in [0.1, 0.15) is 0 Å². The molecular formula is C21H26N4O2S. The molecule has 1 fully saturated rings. The summed E-state index contributed by atoms with van der Waals surface area (Å²) in [7, 11) is -3.61. The largest absolute Gasteiger partial charge is 0.307 e. The van der Waals surface area contributed by atoms with E-state index in [1.54, 1.807) is 0 Å². The van der Waals surface area contributed by atoms with Crippen LogP contribution in [0.2, 0.25) is 0 Å². The third kappa shape index (κ3) is 3.82. The summed E-state index contributed by atoms with van der Waals surface area (Å²) in [5.41, 5.74) is 0.762. The Balaban J connectivity index is 1.69. The summed E-state index contributed by atoms with van der Waals surface area (Å²) < 4.78 is 28.3. The fourth-order valence-electron chi connectivity index (χ4n) is 3.84. The van der Waals surface area contributed by atoms with Gasteiger partial charge in [0.05, 0.1) is 11.8 Å². The van der Waals surface area contributed by atoms with Crippen molar-refractivity contribution in [3.63, 3.8) is 0 Å². The highest BCUT2D eigenvalue weighted by Gasteiger charge is 2.30. The molecule has 1 aliphatic rings. The SMILES string of the molecule is CC(C)Cn1c(C2CCCN2)nnc1S(=O)(=O)Cc1ccc2ccccc2c1. The molecule has 3 aromatic rings. The summed E-state index contributed by atoms with van der Waals surface area (Å²) in [5, 5.41) is 14.0. The Kier molecular flexibility index (Phi) is 5.21. The zero-order chi connectivity index (χ0) is 19.7.